The third-order valence-corrected chi connectivity index (χ3v) is 5.79. The van der Waals surface area contributed by atoms with Gasteiger partial charge in [0.1, 0.15) is 0 Å². The van der Waals surface area contributed by atoms with Gasteiger partial charge in [-0.2, -0.15) is 0 Å². The normalized spacial score (nSPS) is 16.4. The number of amides is 1. The first-order valence-electron chi connectivity index (χ1n) is 11.0. The smallest absolute Gasteiger partial charge is 0.257 e. The number of allylic oxidation sites excluding steroid dienone is 1. The molecule has 0 atom stereocenters. The van der Waals surface area contributed by atoms with Crippen LogP contribution in [-0.4, -0.2) is 47.8 Å². The molecule has 2 aliphatic heterocycles. The molecule has 4 rings (SSSR count). The quantitative estimate of drug-likeness (QED) is 0.768. The molecule has 0 bridgehead atoms. The van der Waals surface area contributed by atoms with Crippen LogP contribution < -0.4 is 15.5 Å². The number of aliphatic imine (C=N–C) groups is 1. The molecule has 1 saturated heterocycles. The lowest BCUT2D eigenvalue weighted by Gasteiger charge is -2.39. The molecule has 1 fully saturated rings. The summed E-state index contributed by atoms with van der Waals surface area (Å²) in [5.41, 5.74) is 5.43. The van der Waals surface area contributed by atoms with Crippen molar-refractivity contribution >= 4 is 23.1 Å². The zero-order valence-corrected chi connectivity index (χ0v) is 18.9. The van der Waals surface area contributed by atoms with Gasteiger partial charge in [0, 0.05) is 44.8 Å². The summed E-state index contributed by atoms with van der Waals surface area (Å²) < 4.78 is 0. The lowest BCUT2D eigenvalue weighted by atomic mass is 10.0. The fourth-order valence-electron chi connectivity index (χ4n) is 3.91. The van der Waals surface area contributed by atoms with E-state index < -0.39 is 0 Å². The highest BCUT2D eigenvalue weighted by molar-refractivity contribution is 6.05. The molecule has 2 aliphatic rings. The van der Waals surface area contributed by atoms with Gasteiger partial charge in [-0.1, -0.05) is 26.5 Å². The van der Waals surface area contributed by atoms with E-state index in [-0.39, 0.29) is 5.91 Å². The first-order chi connectivity index (χ1) is 15.4. The summed E-state index contributed by atoms with van der Waals surface area (Å²) in [6, 6.07) is 9.84. The van der Waals surface area contributed by atoms with Crippen LogP contribution in [0, 0.1) is 0 Å². The van der Waals surface area contributed by atoms with Gasteiger partial charge in [0.15, 0.2) is 5.84 Å². The molecule has 7 nitrogen and oxygen atoms in total. The van der Waals surface area contributed by atoms with Gasteiger partial charge in [-0.15, -0.1) is 0 Å². The first kappa shape index (κ1) is 21.6. The minimum atomic E-state index is -0.156. The molecule has 3 heterocycles. The number of pyridine rings is 1. The molecule has 32 heavy (non-hydrogen) atoms. The number of nitrogens with zero attached hydrogens (tertiary/aromatic N) is 4. The van der Waals surface area contributed by atoms with Crippen molar-refractivity contribution < 1.29 is 4.79 Å². The molecule has 1 aromatic carbocycles. The Bertz CT molecular complexity index is 1070. The minimum Gasteiger partial charge on any atom is -0.366 e. The monoisotopic (exact) mass is 430 g/mol. The van der Waals surface area contributed by atoms with Crippen LogP contribution in [0.1, 0.15) is 42.6 Å². The summed E-state index contributed by atoms with van der Waals surface area (Å²) in [5, 5.41) is 6.28. The molecule has 0 saturated carbocycles. The van der Waals surface area contributed by atoms with Crippen molar-refractivity contribution in [1.82, 2.24) is 15.2 Å². The van der Waals surface area contributed by atoms with Crippen LogP contribution in [-0.2, 0) is 0 Å². The molecule has 7 heteroatoms. The van der Waals surface area contributed by atoms with Crippen molar-refractivity contribution in [2.24, 2.45) is 4.99 Å². The Balaban J connectivity index is 1.54. The number of nitrogens with one attached hydrogen (secondary N) is 2. The van der Waals surface area contributed by atoms with Gasteiger partial charge in [0.05, 0.1) is 28.3 Å². The molecule has 0 radical (unpaired) electrons. The summed E-state index contributed by atoms with van der Waals surface area (Å²) in [7, 11) is 0. The topological polar surface area (TPSA) is 72.9 Å². The van der Waals surface area contributed by atoms with Crippen LogP contribution in [0.25, 0.3) is 0 Å². The van der Waals surface area contributed by atoms with Crippen LogP contribution in [0.3, 0.4) is 0 Å². The van der Waals surface area contributed by atoms with E-state index >= 15 is 0 Å². The van der Waals surface area contributed by atoms with Crippen LogP contribution in [0.4, 0.5) is 11.4 Å². The molecule has 2 N–H and O–H groups in total. The van der Waals surface area contributed by atoms with Gasteiger partial charge in [-0.25, -0.2) is 4.99 Å². The van der Waals surface area contributed by atoms with Crippen LogP contribution in [0.15, 0.2) is 71.9 Å². The van der Waals surface area contributed by atoms with Gasteiger partial charge in [-0.05, 0) is 42.7 Å². The van der Waals surface area contributed by atoms with Crippen LogP contribution in [0.2, 0.25) is 0 Å². The van der Waals surface area contributed by atoms with Crippen molar-refractivity contribution in [1.29, 1.82) is 0 Å². The predicted molar refractivity (Wildman–Crippen MR) is 130 cm³/mol. The second-order valence-corrected chi connectivity index (χ2v) is 8.45. The Morgan fingerprint density at radius 1 is 1.16 bits per heavy atom. The number of carbonyl (C=O) groups is 1. The number of rotatable bonds is 4. The number of carbonyl (C=O) groups excluding carboxylic acids is 1. The summed E-state index contributed by atoms with van der Waals surface area (Å²) in [5.74, 6) is 1.15. The number of piperazine rings is 1. The number of amidine groups is 1. The second kappa shape index (κ2) is 9.26. The highest BCUT2D eigenvalue weighted by atomic mass is 16.1. The Kier molecular flexibility index (Phi) is 6.25. The van der Waals surface area contributed by atoms with Gasteiger partial charge in [0.2, 0.25) is 0 Å². The van der Waals surface area contributed by atoms with Gasteiger partial charge < -0.3 is 20.4 Å². The lowest BCUT2D eigenvalue weighted by Crippen LogP contribution is -2.50. The largest absolute Gasteiger partial charge is 0.366 e. The molecule has 0 unspecified atom stereocenters. The van der Waals surface area contributed by atoms with Crippen molar-refractivity contribution in [2.45, 2.75) is 26.7 Å². The maximum atomic E-state index is 12.8. The number of hydrogen-bond acceptors (Lipinski definition) is 6. The average molecular weight is 431 g/mol. The highest BCUT2D eigenvalue weighted by Gasteiger charge is 2.25. The first-order valence-corrected chi connectivity index (χ1v) is 11.0. The molecule has 1 amide bonds. The summed E-state index contributed by atoms with van der Waals surface area (Å²) in [6.07, 6.45) is 5.12. The molecular weight excluding hydrogens is 400 g/mol. The van der Waals surface area contributed by atoms with Gasteiger partial charge >= 0.3 is 0 Å². The summed E-state index contributed by atoms with van der Waals surface area (Å²) in [4.78, 5) is 26.1. The van der Waals surface area contributed by atoms with E-state index in [1.165, 1.54) is 5.56 Å². The number of anilines is 2. The Labute approximate surface area is 189 Å². The third kappa shape index (κ3) is 4.66. The highest BCUT2D eigenvalue weighted by Crippen LogP contribution is 2.31. The van der Waals surface area contributed by atoms with Crippen molar-refractivity contribution in [3.05, 3.63) is 78.0 Å². The van der Waals surface area contributed by atoms with Crippen molar-refractivity contribution in [2.75, 3.05) is 36.4 Å². The van der Waals surface area contributed by atoms with E-state index in [2.05, 4.69) is 63.0 Å². The fourth-order valence-corrected chi connectivity index (χ4v) is 3.91. The fraction of sp³-hybridized carbons (Fsp3) is 0.320. The van der Waals surface area contributed by atoms with Crippen LogP contribution >= 0.6 is 0 Å². The predicted octanol–water partition coefficient (Wildman–Crippen LogP) is 3.96. The van der Waals surface area contributed by atoms with Gasteiger partial charge in [-0.3, -0.25) is 9.78 Å². The zero-order valence-electron chi connectivity index (χ0n) is 18.9. The number of aromatic nitrogens is 1. The van der Waals surface area contributed by atoms with Crippen molar-refractivity contribution in [3.8, 4) is 0 Å². The third-order valence-electron chi connectivity index (χ3n) is 5.79. The van der Waals surface area contributed by atoms with E-state index in [4.69, 9.17) is 0 Å². The second-order valence-electron chi connectivity index (χ2n) is 8.45. The Morgan fingerprint density at radius 3 is 2.59 bits per heavy atom. The number of benzene rings is 1. The van der Waals surface area contributed by atoms with E-state index in [1.807, 2.05) is 19.2 Å². The van der Waals surface area contributed by atoms with E-state index in [0.29, 0.717) is 11.5 Å². The molecule has 166 valence electrons. The standard InChI is InChI=1S/C25H30N6O/c1-17(2)20-7-8-22(29-25(32)21-6-5-9-26-16-21)23(14-20)30-10-12-31(13-11-30)24-19(4)27-15-18(3)28-24/h5-9,14-17,27H,4,10-13H2,1-3H3,(H,29,32). The van der Waals surface area contributed by atoms with Crippen LogP contribution in [0.5, 0.6) is 0 Å². The average Bonchev–Trinajstić information content (AvgIpc) is 2.81. The maximum absolute atomic E-state index is 12.8. The minimum absolute atomic E-state index is 0.156. The zero-order chi connectivity index (χ0) is 22.7. The van der Waals surface area contributed by atoms with E-state index in [0.717, 1.165) is 54.8 Å². The lowest BCUT2D eigenvalue weighted by molar-refractivity contribution is 0.102. The summed E-state index contributed by atoms with van der Waals surface area (Å²) in [6.45, 7) is 13.7. The maximum Gasteiger partial charge on any atom is 0.257 e. The molecule has 0 spiro atoms. The SMILES string of the molecule is C=C1NC=C(C)N=C1N1CCN(c2cc(C(C)C)ccc2NC(=O)c2cccnc2)CC1. The molecule has 2 aromatic rings. The van der Waals surface area contributed by atoms with E-state index in [9.17, 15) is 4.79 Å². The Hall–Kier alpha value is -3.61. The molecule has 0 aliphatic carbocycles. The molecule has 1 aromatic heterocycles. The molecular formula is C25H30N6O. The van der Waals surface area contributed by atoms with Crippen molar-refractivity contribution in [3.63, 3.8) is 0 Å². The summed E-state index contributed by atoms with van der Waals surface area (Å²) >= 11 is 0. The van der Waals surface area contributed by atoms with E-state index in [1.54, 1.807) is 24.5 Å². The number of hydrogen-bond donors (Lipinski definition) is 2. The van der Waals surface area contributed by atoms with Gasteiger partial charge in [0.25, 0.3) is 5.91 Å². The Morgan fingerprint density at radius 2 is 1.91 bits per heavy atom.